The zero-order valence-electron chi connectivity index (χ0n) is 21.4. The Labute approximate surface area is 216 Å². The SMILES string of the molecule is CCc1ccc(CC(=O)Cn2c(=O)c(CNc3ccc(CC)cc3)cc3cc4c(cc32)OCCO4)cc1. The maximum atomic E-state index is 13.6. The number of rotatable bonds is 9. The number of hydrogen-bond donors (Lipinski definition) is 1. The number of ketones is 1. The van der Waals surface area contributed by atoms with E-state index in [-0.39, 0.29) is 24.3 Å². The van der Waals surface area contributed by atoms with Crippen LogP contribution in [0.5, 0.6) is 11.5 Å². The van der Waals surface area contributed by atoms with Crippen LogP contribution in [0.25, 0.3) is 10.9 Å². The minimum Gasteiger partial charge on any atom is -0.486 e. The van der Waals surface area contributed by atoms with Gasteiger partial charge in [0.2, 0.25) is 0 Å². The summed E-state index contributed by atoms with van der Waals surface area (Å²) in [4.78, 5) is 26.8. The number of carbonyl (C=O) groups is 1. The number of aromatic nitrogens is 1. The van der Waals surface area contributed by atoms with Crippen molar-refractivity contribution in [2.45, 2.75) is 46.2 Å². The van der Waals surface area contributed by atoms with Crippen LogP contribution in [0.1, 0.15) is 36.1 Å². The van der Waals surface area contributed by atoms with E-state index < -0.39 is 0 Å². The monoisotopic (exact) mass is 496 g/mol. The van der Waals surface area contributed by atoms with E-state index in [1.807, 2.05) is 54.6 Å². The normalized spacial score (nSPS) is 12.5. The summed E-state index contributed by atoms with van der Waals surface area (Å²) < 4.78 is 13.1. The molecule has 0 bridgehead atoms. The zero-order valence-corrected chi connectivity index (χ0v) is 21.4. The molecule has 190 valence electrons. The van der Waals surface area contributed by atoms with Gasteiger partial charge >= 0.3 is 0 Å². The number of Topliss-reactive ketones (excluding diaryl/α,β-unsaturated/α-hetero) is 1. The summed E-state index contributed by atoms with van der Waals surface area (Å²) in [5, 5.41) is 4.19. The lowest BCUT2D eigenvalue weighted by molar-refractivity contribution is -0.119. The minimum atomic E-state index is -0.184. The van der Waals surface area contributed by atoms with Crippen molar-refractivity contribution in [1.82, 2.24) is 4.57 Å². The third-order valence-corrected chi connectivity index (χ3v) is 6.84. The molecule has 3 aromatic carbocycles. The fraction of sp³-hybridized carbons (Fsp3) is 0.290. The van der Waals surface area contributed by atoms with Crippen LogP contribution < -0.4 is 20.3 Å². The van der Waals surface area contributed by atoms with Gasteiger partial charge in [-0.05, 0) is 53.8 Å². The van der Waals surface area contributed by atoms with Gasteiger partial charge in [0.25, 0.3) is 5.56 Å². The molecule has 6 heteroatoms. The average Bonchev–Trinajstić information content (AvgIpc) is 2.93. The topological polar surface area (TPSA) is 69.6 Å². The number of anilines is 1. The zero-order chi connectivity index (χ0) is 25.8. The predicted octanol–water partition coefficient (Wildman–Crippen LogP) is 5.32. The first-order valence-electron chi connectivity index (χ1n) is 12.9. The van der Waals surface area contributed by atoms with Crippen LogP contribution in [0.2, 0.25) is 0 Å². The van der Waals surface area contributed by atoms with Crippen LogP contribution in [-0.2, 0) is 37.1 Å². The smallest absolute Gasteiger partial charge is 0.256 e. The minimum absolute atomic E-state index is 0.0104. The van der Waals surface area contributed by atoms with E-state index in [0.29, 0.717) is 42.3 Å². The molecule has 5 rings (SSSR count). The number of aryl methyl sites for hydroxylation is 2. The average molecular weight is 497 g/mol. The Morgan fingerprint density at radius 3 is 2.08 bits per heavy atom. The lowest BCUT2D eigenvalue weighted by atomic mass is 10.0. The highest BCUT2D eigenvalue weighted by Gasteiger charge is 2.18. The molecule has 4 aromatic rings. The van der Waals surface area contributed by atoms with E-state index in [1.54, 1.807) is 4.57 Å². The first-order chi connectivity index (χ1) is 18.0. The second kappa shape index (κ2) is 10.9. The highest BCUT2D eigenvalue weighted by Crippen LogP contribution is 2.34. The van der Waals surface area contributed by atoms with Gasteiger partial charge in [0.05, 0.1) is 12.1 Å². The van der Waals surface area contributed by atoms with Crippen molar-refractivity contribution < 1.29 is 14.3 Å². The molecular formula is C31H32N2O4. The van der Waals surface area contributed by atoms with Gasteiger partial charge in [0, 0.05) is 35.7 Å². The summed E-state index contributed by atoms with van der Waals surface area (Å²) in [6, 6.07) is 21.9. The summed E-state index contributed by atoms with van der Waals surface area (Å²) in [5.41, 5.74) is 5.45. The number of carbonyl (C=O) groups excluding carboxylic acids is 1. The molecule has 0 atom stereocenters. The fourth-order valence-corrected chi connectivity index (χ4v) is 4.67. The number of fused-ring (bicyclic) bond motifs is 2. The second-order valence-corrected chi connectivity index (χ2v) is 9.41. The van der Waals surface area contributed by atoms with Gasteiger partial charge in [-0.3, -0.25) is 9.59 Å². The van der Waals surface area contributed by atoms with Gasteiger partial charge in [-0.25, -0.2) is 0 Å². The third-order valence-electron chi connectivity index (χ3n) is 6.84. The largest absolute Gasteiger partial charge is 0.486 e. The van der Waals surface area contributed by atoms with E-state index in [1.165, 1.54) is 11.1 Å². The van der Waals surface area contributed by atoms with Crippen molar-refractivity contribution in [2.75, 3.05) is 18.5 Å². The van der Waals surface area contributed by atoms with E-state index in [9.17, 15) is 9.59 Å². The molecule has 0 fully saturated rings. The highest BCUT2D eigenvalue weighted by molar-refractivity contribution is 5.87. The Balaban J connectivity index is 1.47. The molecule has 0 saturated carbocycles. The molecule has 0 spiro atoms. The molecule has 1 N–H and O–H groups in total. The molecule has 2 heterocycles. The molecule has 0 saturated heterocycles. The van der Waals surface area contributed by atoms with Crippen molar-refractivity contribution in [3.63, 3.8) is 0 Å². The lowest BCUT2D eigenvalue weighted by Gasteiger charge is -2.21. The van der Waals surface area contributed by atoms with Crippen LogP contribution in [-0.4, -0.2) is 23.6 Å². The van der Waals surface area contributed by atoms with Gasteiger partial charge in [-0.15, -0.1) is 0 Å². The Morgan fingerprint density at radius 1 is 0.838 bits per heavy atom. The van der Waals surface area contributed by atoms with Gasteiger partial charge in [0.15, 0.2) is 17.3 Å². The molecule has 1 aromatic heterocycles. The standard InChI is InChI=1S/C31H32N2O4/c1-3-21-5-7-23(8-6-21)15-27(34)20-33-28-18-30-29(36-13-14-37-30)17-24(28)16-25(31(33)35)19-32-26-11-9-22(4-2)10-12-26/h5-12,16-18,32H,3-4,13-15,19-20H2,1-2H3. The maximum absolute atomic E-state index is 13.6. The molecule has 1 aliphatic rings. The maximum Gasteiger partial charge on any atom is 0.256 e. The van der Waals surface area contributed by atoms with Crippen molar-refractivity contribution in [3.05, 3.63) is 99.3 Å². The number of pyridine rings is 1. The van der Waals surface area contributed by atoms with E-state index >= 15 is 0 Å². The lowest BCUT2D eigenvalue weighted by Crippen LogP contribution is -2.29. The number of benzene rings is 3. The van der Waals surface area contributed by atoms with Crippen molar-refractivity contribution in [1.29, 1.82) is 0 Å². The predicted molar refractivity (Wildman–Crippen MR) is 147 cm³/mol. The first kappa shape index (κ1) is 24.6. The number of nitrogens with zero attached hydrogens (tertiary/aromatic N) is 1. The summed E-state index contributed by atoms with van der Waals surface area (Å²) in [6.07, 6.45) is 2.20. The van der Waals surface area contributed by atoms with Crippen LogP contribution >= 0.6 is 0 Å². The Bertz CT molecular complexity index is 1470. The van der Waals surface area contributed by atoms with Crippen LogP contribution in [0.4, 0.5) is 5.69 Å². The quantitative estimate of drug-likeness (QED) is 0.340. The van der Waals surface area contributed by atoms with Crippen molar-refractivity contribution in [3.8, 4) is 11.5 Å². The molecular weight excluding hydrogens is 464 g/mol. The van der Waals surface area contributed by atoms with Crippen LogP contribution in [0, 0.1) is 0 Å². The molecule has 1 aliphatic heterocycles. The van der Waals surface area contributed by atoms with Crippen molar-refractivity contribution in [2.24, 2.45) is 0 Å². The van der Waals surface area contributed by atoms with Gasteiger partial charge in [-0.1, -0.05) is 50.2 Å². The van der Waals surface area contributed by atoms with E-state index in [4.69, 9.17) is 9.47 Å². The number of ether oxygens (including phenoxy) is 2. The summed E-state index contributed by atoms with van der Waals surface area (Å²) in [5.74, 6) is 1.22. The van der Waals surface area contributed by atoms with Crippen molar-refractivity contribution >= 4 is 22.4 Å². The summed E-state index contributed by atoms with van der Waals surface area (Å²) in [7, 11) is 0. The van der Waals surface area contributed by atoms with Gasteiger partial charge in [-0.2, -0.15) is 0 Å². The Morgan fingerprint density at radius 2 is 1.43 bits per heavy atom. The Kier molecular flexibility index (Phi) is 7.26. The first-order valence-corrected chi connectivity index (χ1v) is 12.9. The second-order valence-electron chi connectivity index (χ2n) is 9.41. The number of nitrogens with one attached hydrogen (secondary N) is 1. The molecule has 0 unspecified atom stereocenters. The van der Waals surface area contributed by atoms with Gasteiger partial charge in [0.1, 0.15) is 13.2 Å². The van der Waals surface area contributed by atoms with E-state index in [2.05, 4.69) is 31.3 Å². The molecule has 0 amide bonds. The molecule has 37 heavy (non-hydrogen) atoms. The van der Waals surface area contributed by atoms with E-state index in [0.717, 1.165) is 29.5 Å². The van der Waals surface area contributed by atoms with Gasteiger partial charge < -0.3 is 19.4 Å². The van der Waals surface area contributed by atoms with Crippen LogP contribution in [0.15, 0.2) is 71.5 Å². The number of hydrogen-bond acceptors (Lipinski definition) is 5. The summed E-state index contributed by atoms with van der Waals surface area (Å²) >= 11 is 0. The molecule has 0 aliphatic carbocycles. The highest BCUT2D eigenvalue weighted by atomic mass is 16.6. The summed E-state index contributed by atoms with van der Waals surface area (Å²) in [6.45, 7) is 5.50. The fourth-order valence-electron chi connectivity index (χ4n) is 4.67. The molecule has 6 nitrogen and oxygen atoms in total. The third kappa shape index (κ3) is 5.53. The Hall–Kier alpha value is -4.06. The molecule has 0 radical (unpaired) electrons. The van der Waals surface area contributed by atoms with Crippen LogP contribution in [0.3, 0.4) is 0 Å².